The second kappa shape index (κ2) is 7.28. The molecular weight excluding hydrogens is 368 g/mol. The number of likely N-dealkylation sites (tertiary alicyclic amines) is 1. The second-order valence-electron chi connectivity index (χ2n) is 6.36. The zero-order valence-electron chi connectivity index (χ0n) is 14.3. The van der Waals surface area contributed by atoms with Gasteiger partial charge in [-0.05, 0) is 30.4 Å². The Morgan fingerprint density at radius 2 is 2.22 bits per heavy atom. The molecule has 3 heterocycles. The Morgan fingerprint density at radius 3 is 3.00 bits per heavy atom. The first-order valence-electron chi connectivity index (χ1n) is 8.51. The number of piperidine rings is 1. The summed E-state index contributed by atoms with van der Waals surface area (Å²) in [6.45, 7) is 1.05. The Hall–Kier alpha value is -3.07. The fourth-order valence-corrected chi connectivity index (χ4v) is 3.83. The molecule has 3 aromatic rings. The molecule has 1 aliphatic rings. The molecule has 1 atom stereocenters. The standard InChI is InChI=1S/C18H16N4O4S/c23-18(12-3-1-5-15(9-12)22(24)25)21-7-2-4-13(10-21)16-19-20-17(26-16)14-6-8-27-11-14/h1,3,5-6,8-9,11,13H,2,4,7,10H2. The Morgan fingerprint density at radius 1 is 1.33 bits per heavy atom. The lowest BCUT2D eigenvalue weighted by molar-refractivity contribution is -0.384. The Kier molecular flexibility index (Phi) is 4.68. The molecule has 1 aromatic carbocycles. The van der Waals surface area contributed by atoms with Crippen LogP contribution in [-0.4, -0.2) is 39.0 Å². The normalized spacial score (nSPS) is 17.0. The van der Waals surface area contributed by atoms with Crippen molar-refractivity contribution in [2.45, 2.75) is 18.8 Å². The molecule has 1 saturated heterocycles. The maximum absolute atomic E-state index is 12.8. The SMILES string of the molecule is O=C(c1cccc([N+](=O)[O-])c1)N1CCCC(c2nnc(-c3ccsc3)o2)C1. The number of amides is 1. The highest BCUT2D eigenvalue weighted by molar-refractivity contribution is 7.08. The number of nitro benzene ring substituents is 1. The topological polar surface area (TPSA) is 102 Å². The predicted molar refractivity (Wildman–Crippen MR) is 98.6 cm³/mol. The van der Waals surface area contributed by atoms with E-state index < -0.39 is 4.92 Å². The molecule has 0 aliphatic carbocycles. The molecule has 4 rings (SSSR count). The lowest BCUT2D eigenvalue weighted by atomic mass is 9.97. The molecule has 27 heavy (non-hydrogen) atoms. The van der Waals surface area contributed by atoms with Crippen LogP contribution in [0.5, 0.6) is 0 Å². The van der Waals surface area contributed by atoms with Gasteiger partial charge in [-0.2, -0.15) is 11.3 Å². The molecule has 1 aliphatic heterocycles. The number of benzene rings is 1. The fourth-order valence-electron chi connectivity index (χ4n) is 3.20. The van der Waals surface area contributed by atoms with E-state index in [4.69, 9.17) is 4.42 Å². The Labute approximate surface area is 158 Å². The van der Waals surface area contributed by atoms with E-state index in [1.54, 1.807) is 22.3 Å². The molecule has 138 valence electrons. The van der Waals surface area contributed by atoms with E-state index in [0.717, 1.165) is 18.4 Å². The number of hydrogen-bond acceptors (Lipinski definition) is 7. The molecule has 9 heteroatoms. The fraction of sp³-hybridized carbons (Fsp3) is 0.278. The van der Waals surface area contributed by atoms with Crippen molar-refractivity contribution in [3.63, 3.8) is 0 Å². The number of non-ortho nitro benzene ring substituents is 1. The largest absolute Gasteiger partial charge is 0.420 e. The average Bonchev–Trinajstić information content (AvgIpc) is 3.39. The molecule has 0 bridgehead atoms. The van der Waals surface area contributed by atoms with Gasteiger partial charge in [0.15, 0.2) is 0 Å². The van der Waals surface area contributed by atoms with Crippen LogP contribution in [0.2, 0.25) is 0 Å². The molecule has 2 aromatic heterocycles. The zero-order chi connectivity index (χ0) is 18.8. The van der Waals surface area contributed by atoms with Gasteiger partial charge in [-0.25, -0.2) is 0 Å². The number of aromatic nitrogens is 2. The van der Waals surface area contributed by atoms with E-state index in [-0.39, 0.29) is 17.5 Å². The van der Waals surface area contributed by atoms with Gasteiger partial charge >= 0.3 is 0 Å². The van der Waals surface area contributed by atoms with E-state index >= 15 is 0 Å². The molecule has 0 spiro atoms. The van der Waals surface area contributed by atoms with Crippen molar-refractivity contribution in [3.8, 4) is 11.5 Å². The molecule has 1 fully saturated rings. The number of nitrogens with zero attached hydrogens (tertiary/aromatic N) is 4. The minimum Gasteiger partial charge on any atom is -0.420 e. The van der Waals surface area contributed by atoms with Crippen LogP contribution in [0.1, 0.15) is 35.0 Å². The highest BCUT2D eigenvalue weighted by atomic mass is 32.1. The smallest absolute Gasteiger partial charge is 0.270 e. The number of carbonyl (C=O) groups excluding carboxylic acids is 1. The third-order valence-electron chi connectivity index (χ3n) is 4.57. The lowest BCUT2D eigenvalue weighted by Gasteiger charge is -2.31. The number of carbonyl (C=O) groups is 1. The summed E-state index contributed by atoms with van der Waals surface area (Å²) in [5.41, 5.74) is 1.11. The molecule has 1 unspecified atom stereocenters. The number of hydrogen-bond donors (Lipinski definition) is 0. The highest BCUT2D eigenvalue weighted by Gasteiger charge is 2.29. The van der Waals surface area contributed by atoms with Crippen molar-refractivity contribution >= 4 is 22.9 Å². The average molecular weight is 384 g/mol. The summed E-state index contributed by atoms with van der Waals surface area (Å²) < 4.78 is 5.81. The van der Waals surface area contributed by atoms with Gasteiger partial charge < -0.3 is 9.32 Å². The number of thiophene rings is 1. The zero-order valence-corrected chi connectivity index (χ0v) is 15.1. The first-order chi connectivity index (χ1) is 13.1. The summed E-state index contributed by atoms with van der Waals surface area (Å²) in [6, 6.07) is 7.73. The van der Waals surface area contributed by atoms with Crippen molar-refractivity contribution in [2.24, 2.45) is 0 Å². The minimum atomic E-state index is -0.500. The van der Waals surface area contributed by atoms with E-state index in [9.17, 15) is 14.9 Å². The van der Waals surface area contributed by atoms with Crippen LogP contribution in [0.4, 0.5) is 5.69 Å². The predicted octanol–water partition coefficient (Wildman–Crippen LogP) is 3.73. The lowest BCUT2D eigenvalue weighted by Crippen LogP contribution is -2.39. The van der Waals surface area contributed by atoms with Gasteiger partial charge in [0.2, 0.25) is 11.8 Å². The van der Waals surface area contributed by atoms with E-state index in [1.807, 2.05) is 16.8 Å². The van der Waals surface area contributed by atoms with Crippen LogP contribution >= 0.6 is 11.3 Å². The van der Waals surface area contributed by atoms with Crippen molar-refractivity contribution in [1.82, 2.24) is 15.1 Å². The van der Waals surface area contributed by atoms with Gasteiger partial charge in [0.25, 0.3) is 11.6 Å². The van der Waals surface area contributed by atoms with Crippen molar-refractivity contribution < 1.29 is 14.1 Å². The van der Waals surface area contributed by atoms with Crippen LogP contribution in [-0.2, 0) is 0 Å². The van der Waals surface area contributed by atoms with Gasteiger partial charge in [-0.1, -0.05) is 6.07 Å². The molecule has 8 nitrogen and oxygen atoms in total. The van der Waals surface area contributed by atoms with Gasteiger partial charge in [-0.3, -0.25) is 14.9 Å². The third kappa shape index (κ3) is 3.59. The molecular formula is C18H16N4O4S. The van der Waals surface area contributed by atoms with Crippen molar-refractivity contribution in [3.05, 3.63) is 62.7 Å². The minimum absolute atomic E-state index is 0.0405. The van der Waals surface area contributed by atoms with Gasteiger partial charge in [-0.15, -0.1) is 10.2 Å². The first-order valence-corrected chi connectivity index (χ1v) is 9.46. The van der Waals surface area contributed by atoms with Crippen LogP contribution in [0, 0.1) is 10.1 Å². The molecule has 0 saturated carbocycles. The second-order valence-corrected chi connectivity index (χ2v) is 7.14. The van der Waals surface area contributed by atoms with E-state index in [2.05, 4.69) is 10.2 Å². The Bertz CT molecular complexity index is 969. The molecule has 0 N–H and O–H groups in total. The van der Waals surface area contributed by atoms with Crippen molar-refractivity contribution in [2.75, 3.05) is 13.1 Å². The summed E-state index contributed by atoms with van der Waals surface area (Å²) in [6.07, 6.45) is 1.66. The monoisotopic (exact) mass is 384 g/mol. The van der Waals surface area contributed by atoms with Gasteiger partial charge in [0.1, 0.15) is 0 Å². The van der Waals surface area contributed by atoms with Crippen LogP contribution in [0.15, 0.2) is 45.5 Å². The van der Waals surface area contributed by atoms with Crippen LogP contribution in [0.25, 0.3) is 11.5 Å². The maximum Gasteiger partial charge on any atom is 0.270 e. The van der Waals surface area contributed by atoms with E-state index in [0.29, 0.717) is 30.4 Å². The summed E-state index contributed by atoms with van der Waals surface area (Å²) in [5, 5.41) is 23.1. The molecule has 1 amide bonds. The van der Waals surface area contributed by atoms with E-state index in [1.165, 1.54) is 18.2 Å². The number of nitro groups is 1. The first kappa shape index (κ1) is 17.3. The molecule has 0 radical (unpaired) electrons. The van der Waals surface area contributed by atoms with Gasteiger partial charge in [0.05, 0.1) is 10.8 Å². The quantitative estimate of drug-likeness (QED) is 0.502. The number of rotatable bonds is 4. The maximum atomic E-state index is 12.8. The third-order valence-corrected chi connectivity index (χ3v) is 5.25. The van der Waals surface area contributed by atoms with Crippen molar-refractivity contribution in [1.29, 1.82) is 0 Å². The van der Waals surface area contributed by atoms with Crippen LogP contribution < -0.4 is 0 Å². The summed E-state index contributed by atoms with van der Waals surface area (Å²) in [4.78, 5) is 24.9. The van der Waals surface area contributed by atoms with Crippen LogP contribution in [0.3, 0.4) is 0 Å². The van der Waals surface area contributed by atoms with Gasteiger partial charge in [0, 0.05) is 41.7 Å². The summed E-state index contributed by atoms with van der Waals surface area (Å²) in [5.74, 6) is 0.739. The summed E-state index contributed by atoms with van der Waals surface area (Å²) in [7, 11) is 0. The Balaban J connectivity index is 1.50. The highest BCUT2D eigenvalue weighted by Crippen LogP contribution is 2.30. The summed E-state index contributed by atoms with van der Waals surface area (Å²) >= 11 is 1.56.